The topological polar surface area (TPSA) is 79.2 Å². The fourth-order valence-electron chi connectivity index (χ4n) is 4.00. The summed E-state index contributed by atoms with van der Waals surface area (Å²) in [7, 11) is -2.12. The van der Waals surface area contributed by atoms with E-state index in [2.05, 4.69) is 23.5 Å². The van der Waals surface area contributed by atoms with Gasteiger partial charge in [-0.05, 0) is 37.3 Å². The SMILES string of the molecule is CCC1(CC)CN(c2ccccc2)c2cc(SC)c(O/C=C(\F)C(=O)OC)cc2S(O)(O)C1. The number of rotatable bonds is 7. The van der Waals surface area contributed by atoms with Crippen molar-refractivity contribution in [2.24, 2.45) is 5.41 Å². The quantitative estimate of drug-likeness (QED) is 0.188. The molecule has 6 nitrogen and oxygen atoms in total. The average Bonchev–Trinajstić information content (AvgIpc) is 2.93. The van der Waals surface area contributed by atoms with Crippen molar-refractivity contribution >= 4 is 39.7 Å². The lowest BCUT2D eigenvalue weighted by Crippen LogP contribution is -2.36. The van der Waals surface area contributed by atoms with Crippen LogP contribution in [0.3, 0.4) is 0 Å². The van der Waals surface area contributed by atoms with E-state index < -0.39 is 22.4 Å². The summed E-state index contributed by atoms with van der Waals surface area (Å²) in [4.78, 5) is 14.5. The molecule has 9 heteroatoms. The molecule has 33 heavy (non-hydrogen) atoms. The predicted octanol–water partition coefficient (Wildman–Crippen LogP) is 6.84. The molecule has 0 radical (unpaired) electrons. The minimum atomic E-state index is -3.20. The Hall–Kier alpha value is -2.20. The van der Waals surface area contributed by atoms with Crippen LogP contribution >= 0.6 is 22.4 Å². The number of carbonyl (C=O) groups is 1. The number of nitrogens with zero attached hydrogens (tertiary/aromatic N) is 1. The second-order valence-corrected chi connectivity index (χ2v) is 10.9. The molecule has 0 amide bonds. The number of esters is 1. The molecule has 0 spiro atoms. The van der Waals surface area contributed by atoms with E-state index in [0.717, 1.165) is 25.6 Å². The lowest BCUT2D eigenvalue weighted by Gasteiger charge is -2.40. The van der Waals surface area contributed by atoms with Crippen LogP contribution in [0.2, 0.25) is 0 Å². The minimum Gasteiger partial charge on any atom is -0.464 e. The van der Waals surface area contributed by atoms with Crippen molar-refractivity contribution in [3.63, 3.8) is 0 Å². The summed E-state index contributed by atoms with van der Waals surface area (Å²) in [5, 5.41) is 0. The average molecular weight is 496 g/mol. The van der Waals surface area contributed by atoms with Gasteiger partial charge in [0.25, 0.3) is 0 Å². The zero-order chi connectivity index (χ0) is 24.2. The van der Waals surface area contributed by atoms with Crippen molar-refractivity contribution in [1.29, 1.82) is 0 Å². The lowest BCUT2D eigenvalue weighted by molar-refractivity contribution is -0.137. The smallest absolute Gasteiger partial charge is 0.370 e. The molecule has 0 fully saturated rings. The lowest BCUT2D eigenvalue weighted by atomic mass is 9.83. The number of carbonyl (C=O) groups excluding carboxylic acids is 1. The summed E-state index contributed by atoms with van der Waals surface area (Å²) in [5.74, 6) is -1.89. The Morgan fingerprint density at radius 1 is 1.24 bits per heavy atom. The molecule has 2 aromatic carbocycles. The van der Waals surface area contributed by atoms with Crippen LogP contribution in [0.15, 0.2) is 64.3 Å². The third-order valence-electron chi connectivity index (χ3n) is 6.13. The number of thioether (sulfide) groups is 1. The van der Waals surface area contributed by atoms with Crippen LogP contribution in [0.25, 0.3) is 0 Å². The van der Waals surface area contributed by atoms with Crippen molar-refractivity contribution in [2.45, 2.75) is 36.5 Å². The summed E-state index contributed by atoms with van der Waals surface area (Å²) in [6.45, 7) is 4.76. The maximum atomic E-state index is 13.9. The fraction of sp³-hybridized carbons (Fsp3) is 0.375. The summed E-state index contributed by atoms with van der Waals surface area (Å²) in [6, 6.07) is 13.2. The van der Waals surface area contributed by atoms with Gasteiger partial charge in [0, 0.05) is 29.5 Å². The molecule has 1 aliphatic heterocycles. The first-order chi connectivity index (χ1) is 15.7. The Bertz CT molecular complexity index is 1030. The van der Waals surface area contributed by atoms with E-state index >= 15 is 0 Å². The molecule has 0 atom stereocenters. The Kier molecular flexibility index (Phi) is 8.00. The molecule has 3 rings (SSSR count). The zero-order valence-corrected chi connectivity index (χ0v) is 20.8. The predicted molar refractivity (Wildman–Crippen MR) is 133 cm³/mol. The number of benzene rings is 2. The molecule has 0 bridgehead atoms. The molecule has 0 saturated heterocycles. The summed E-state index contributed by atoms with van der Waals surface area (Å²) < 4.78 is 46.4. The maximum absolute atomic E-state index is 13.9. The first-order valence-corrected chi connectivity index (χ1v) is 13.6. The second-order valence-electron chi connectivity index (χ2n) is 7.99. The van der Waals surface area contributed by atoms with Gasteiger partial charge in [0.15, 0.2) is 0 Å². The van der Waals surface area contributed by atoms with Crippen molar-refractivity contribution in [1.82, 2.24) is 0 Å². The Morgan fingerprint density at radius 2 is 1.91 bits per heavy atom. The van der Waals surface area contributed by atoms with Gasteiger partial charge < -0.3 is 14.4 Å². The Labute approximate surface area is 200 Å². The van der Waals surface area contributed by atoms with Crippen LogP contribution in [0, 0.1) is 5.41 Å². The highest BCUT2D eigenvalue weighted by molar-refractivity contribution is 8.24. The second kappa shape index (κ2) is 10.4. The van der Waals surface area contributed by atoms with Gasteiger partial charge in [-0.15, -0.1) is 11.8 Å². The standard InChI is InChI=1S/C24H30FNO5S2/c1-5-24(6-2)15-26(17-10-8-7-9-11-17)19-12-21(32-4)20(13-22(19)33(28,29)16-24)31-14-18(25)23(27)30-3/h7-14,28-29H,5-6,15-16H2,1-4H3/b18-14-. The molecule has 1 aliphatic rings. The molecule has 2 N–H and O–H groups in total. The van der Waals surface area contributed by atoms with Gasteiger partial charge in [-0.3, -0.25) is 9.11 Å². The third-order valence-corrected chi connectivity index (χ3v) is 8.93. The third kappa shape index (κ3) is 5.32. The van der Waals surface area contributed by atoms with Gasteiger partial charge in [-0.1, -0.05) is 32.0 Å². The Balaban J connectivity index is 2.20. The number of fused-ring (bicyclic) bond motifs is 1. The van der Waals surface area contributed by atoms with Gasteiger partial charge >= 0.3 is 5.97 Å². The monoisotopic (exact) mass is 495 g/mol. The highest BCUT2D eigenvalue weighted by Crippen LogP contribution is 2.61. The molecular weight excluding hydrogens is 465 g/mol. The first-order valence-electron chi connectivity index (χ1n) is 10.6. The molecule has 2 aromatic rings. The summed E-state index contributed by atoms with van der Waals surface area (Å²) >= 11 is 1.38. The zero-order valence-electron chi connectivity index (χ0n) is 19.2. The van der Waals surface area contributed by atoms with Gasteiger partial charge in [0.1, 0.15) is 12.0 Å². The molecular formula is C24H30FNO5S2. The summed E-state index contributed by atoms with van der Waals surface area (Å²) in [6.07, 6.45) is 4.08. The van der Waals surface area contributed by atoms with Crippen LogP contribution < -0.4 is 9.64 Å². The number of ether oxygens (including phenoxy) is 2. The highest BCUT2D eigenvalue weighted by atomic mass is 32.3. The molecule has 1 heterocycles. The largest absolute Gasteiger partial charge is 0.464 e. The van der Waals surface area contributed by atoms with Crippen LogP contribution in [-0.4, -0.2) is 40.7 Å². The van der Waals surface area contributed by atoms with E-state index in [1.54, 1.807) is 6.07 Å². The molecule has 0 unspecified atom stereocenters. The van der Waals surface area contributed by atoms with Crippen LogP contribution in [0.1, 0.15) is 26.7 Å². The van der Waals surface area contributed by atoms with Crippen LogP contribution in [0.5, 0.6) is 5.75 Å². The number of methoxy groups -OCH3 is 1. The van der Waals surface area contributed by atoms with E-state index in [9.17, 15) is 18.3 Å². The van der Waals surface area contributed by atoms with Crippen molar-refractivity contribution < 1.29 is 27.8 Å². The molecule has 0 saturated carbocycles. The van der Waals surface area contributed by atoms with E-state index in [-0.39, 0.29) is 16.9 Å². The number of anilines is 2. The fourth-order valence-corrected chi connectivity index (χ4v) is 6.85. The van der Waals surface area contributed by atoms with Crippen molar-refractivity contribution in [2.75, 3.05) is 30.6 Å². The van der Waals surface area contributed by atoms with Gasteiger partial charge in [-0.25, -0.2) is 4.79 Å². The maximum Gasteiger partial charge on any atom is 0.370 e. The van der Waals surface area contributed by atoms with Gasteiger partial charge in [0.2, 0.25) is 5.83 Å². The van der Waals surface area contributed by atoms with Crippen LogP contribution in [0.4, 0.5) is 15.8 Å². The highest BCUT2D eigenvalue weighted by Gasteiger charge is 2.41. The molecule has 180 valence electrons. The van der Waals surface area contributed by atoms with Crippen LogP contribution in [-0.2, 0) is 9.53 Å². The number of hydrogen-bond donors (Lipinski definition) is 2. The van der Waals surface area contributed by atoms with E-state index in [1.165, 1.54) is 11.8 Å². The normalized spacial score (nSPS) is 18.2. The van der Waals surface area contributed by atoms with E-state index in [1.807, 2.05) is 42.7 Å². The van der Waals surface area contributed by atoms with Gasteiger partial charge in [0.05, 0.1) is 22.6 Å². The Morgan fingerprint density at radius 3 is 2.48 bits per heavy atom. The number of hydrogen-bond acceptors (Lipinski definition) is 7. The van der Waals surface area contributed by atoms with Gasteiger partial charge in [-0.2, -0.15) is 15.0 Å². The van der Waals surface area contributed by atoms with Crippen molar-refractivity contribution in [3.05, 3.63) is 54.6 Å². The molecule has 0 aliphatic carbocycles. The molecule has 0 aromatic heterocycles. The first kappa shape index (κ1) is 25.4. The summed E-state index contributed by atoms with van der Waals surface area (Å²) in [5.41, 5.74) is 1.31. The van der Waals surface area contributed by atoms with E-state index in [4.69, 9.17) is 4.74 Å². The number of para-hydroxylation sites is 1. The minimum absolute atomic E-state index is 0.216. The number of halogens is 1. The van der Waals surface area contributed by atoms with E-state index in [0.29, 0.717) is 28.3 Å². The van der Waals surface area contributed by atoms with Crippen molar-refractivity contribution in [3.8, 4) is 5.75 Å².